The van der Waals surface area contributed by atoms with E-state index >= 15 is 0 Å². The molecule has 1 amide bonds. The van der Waals surface area contributed by atoms with E-state index in [0.717, 1.165) is 0 Å². The Hall–Kier alpha value is -1.30. The van der Waals surface area contributed by atoms with E-state index in [1.165, 1.54) is 12.1 Å². The Bertz CT molecular complexity index is 416. The molecule has 0 saturated carbocycles. The van der Waals surface area contributed by atoms with Gasteiger partial charge in [0.25, 0.3) is 0 Å². The molecule has 0 spiro atoms. The van der Waals surface area contributed by atoms with Crippen molar-refractivity contribution in [2.45, 2.75) is 12.8 Å². The van der Waals surface area contributed by atoms with Gasteiger partial charge in [0.2, 0.25) is 5.91 Å². The van der Waals surface area contributed by atoms with Crippen molar-refractivity contribution >= 4 is 24.0 Å². The third-order valence-corrected chi connectivity index (χ3v) is 3.45. The molecular weight excluding hydrogens is 268 g/mol. The average Bonchev–Trinajstić information content (AvgIpc) is 2.42. The molecule has 2 rings (SSSR count). The normalized spacial score (nSPS) is 17.3. The SMILES string of the molecule is Cl.NCC1(C(=O)Nc2ccc(O)cc2)CCOCC1. The van der Waals surface area contributed by atoms with Gasteiger partial charge in [-0.05, 0) is 37.1 Å². The van der Waals surface area contributed by atoms with E-state index in [0.29, 0.717) is 38.3 Å². The van der Waals surface area contributed by atoms with Crippen molar-refractivity contribution in [1.82, 2.24) is 0 Å². The molecule has 1 fully saturated rings. The van der Waals surface area contributed by atoms with Crippen LogP contribution in [0.15, 0.2) is 24.3 Å². The van der Waals surface area contributed by atoms with E-state index in [2.05, 4.69) is 5.32 Å². The number of amides is 1. The van der Waals surface area contributed by atoms with Crippen molar-refractivity contribution in [3.8, 4) is 5.75 Å². The number of rotatable bonds is 3. The van der Waals surface area contributed by atoms with Crippen LogP contribution in [0.4, 0.5) is 5.69 Å². The summed E-state index contributed by atoms with van der Waals surface area (Å²) >= 11 is 0. The van der Waals surface area contributed by atoms with E-state index in [1.54, 1.807) is 12.1 Å². The van der Waals surface area contributed by atoms with Gasteiger partial charge in [-0.3, -0.25) is 4.79 Å². The monoisotopic (exact) mass is 286 g/mol. The zero-order valence-corrected chi connectivity index (χ0v) is 11.4. The molecule has 4 N–H and O–H groups in total. The molecule has 0 unspecified atom stereocenters. The second kappa shape index (κ2) is 6.75. The van der Waals surface area contributed by atoms with Crippen molar-refractivity contribution in [3.63, 3.8) is 0 Å². The smallest absolute Gasteiger partial charge is 0.232 e. The summed E-state index contributed by atoms with van der Waals surface area (Å²) in [7, 11) is 0. The Morgan fingerprint density at radius 3 is 2.42 bits per heavy atom. The lowest BCUT2D eigenvalue weighted by Crippen LogP contribution is -2.46. The molecule has 19 heavy (non-hydrogen) atoms. The number of halogens is 1. The molecule has 0 bridgehead atoms. The zero-order valence-electron chi connectivity index (χ0n) is 10.6. The summed E-state index contributed by atoms with van der Waals surface area (Å²) in [5.74, 6) is 0.103. The van der Waals surface area contributed by atoms with Crippen molar-refractivity contribution in [1.29, 1.82) is 0 Å². The minimum absolute atomic E-state index is 0. The summed E-state index contributed by atoms with van der Waals surface area (Å²) in [6.07, 6.45) is 1.29. The molecule has 1 aliphatic heterocycles. The molecule has 1 aromatic rings. The number of ether oxygens (including phenoxy) is 1. The average molecular weight is 287 g/mol. The number of carbonyl (C=O) groups excluding carboxylic acids is 1. The first-order valence-electron chi connectivity index (χ1n) is 6.05. The van der Waals surface area contributed by atoms with E-state index < -0.39 is 5.41 Å². The Morgan fingerprint density at radius 1 is 1.32 bits per heavy atom. The fourth-order valence-corrected chi connectivity index (χ4v) is 2.09. The second-order valence-corrected chi connectivity index (χ2v) is 4.60. The highest BCUT2D eigenvalue weighted by atomic mass is 35.5. The van der Waals surface area contributed by atoms with Gasteiger partial charge < -0.3 is 20.9 Å². The maximum absolute atomic E-state index is 12.3. The molecule has 1 aliphatic rings. The summed E-state index contributed by atoms with van der Waals surface area (Å²) in [4.78, 5) is 12.3. The molecule has 6 heteroatoms. The number of phenols is 1. The summed E-state index contributed by atoms with van der Waals surface area (Å²) in [5.41, 5.74) is 5.89. The highest BCUT2D eigenvalue weighted by Gasteiger charge is 2.38. The molecular formula is C13H19ClN2O3. The number of benzene rings is 1. The fourth-order valence-electron chi connectivity index (χ4n) is 2.09. The summed E-state index contributed by atoms with van der Waals surface area (Å²) < 4.78 is 5.27. The number of aromatic hydroxyl groups is 1. The van der Waals surface area contributed by atoms with E-state index in [1.807, 2.05) is 0 Å². The Labute approximate surface area is 118 Å². The molecule has 0 aliphatic carbocycles. The maximum Gasteiger partial charge on any atom is 0.232 e. The lowest BCUT2D eigenvalue weighted by atomic mass is 9.79. The number of anilines is 1. The highest BCUT2D eigenvalue weighted by Crippen LogP contribution is 2.31. The lowest BCUT2D eigenvalue weighted by Gasteiger charge is -2.34. The van der Waals surface area contributed by atoms with E-state index in [9.17, 15) is 9.90 Å². The summed E-state index contributed by atoms with van der Waals surface area (Å²) in [5, 5.41) is 12.0. The molecule has 0 radical (unpaired) electrons. The second-order valence-electron chi connectivity index (χ2n) is 4.60. The number of hydrogen-bond acceptors (Lipinski definition) is 4. The summed E-state index contributed by atoms with van der Waals surface area (Å²) in [6.45, 7) is 1.46. The van der Waals surface area contributed by atoms with Gasteiger partial charge in [-0.25, -0.2) is 0 Å². The molecule has 0 aromatic heterocycles. The van der Waals surface area contributed by atoms with Crippen LogP contribution in [-0.2, 0) is 9.53 Å². The van der Waals surface area contributed by atoms with Crippen LogP contribution in [0.25, 0.3) is 0 Å². The molecule has 1 saturated heterocycles. The van der Waals surface area contributed by atoms with Gasteiger partial charge >= 0.3 is 0 Å². The number of nitrogens with two attached hydrogens (primary N) is 1. The van der Waals surface area contributed by atoms with Gasteiger partial charge in [-0.15, -0.1) is 12.4 Å². The van der Waals surface area contributed by atoms with Crippen LogP contribution < -0.4 is 11.1 Å². The Kier molecular flexibility index (Phi) is 5.60. The fraction of sp³-hybridized carbons (Fsp3) is 0.462. The molecule has 5 nitrogen and oxygen atoms in total. The van der Waals surface area contributed by atoms with Crippen LogP contribution >= 0.6 is 12.4 Å². The predicted octanol–water partition coefficient (Wildman–Crippen LogP) is 1.51. The van der Waals surface area contributed by atoms with Gasteiger partial charge in [0, 0.05) is 25.4 Å². The minimum Gasteiger partial charge on any atom is -0.508 e. The van der Waals surface area contributed by atoms with Crippen LogP contribution in [0.5, 0.6) is 5.75 Å². The first-order chi connectivity index (χ1) is 8.66. The maximum atomic E-state index is 12.3. The molecule has 106 valence electrons. The van der Waals surface area contributed by atoms with Crippen LogP contribution in [0, 0.1) is 5.41 Å². The van der Waals surface area contributed by atoms with Gasteiger partial charge in [0.1, 0.15) is 5.75 Å². The number of hydrogen-bond donors (Lipinski definition) is 3. The quantitative estimate of drug-likeness (QED) is 0.735. The zero-order chi connectivity index (χ0) is 13.0. The topological polar surface area (TPSA) is 84.6 Å². The van der Waals surface area contributed by atoms with Gasteiger partial charge in [0.15, 0.2) is 0 Å². The van der Waals surface area contributed by atoms with Crippen molar-refractivity contribution in [2.24, 2.45) is 11.1 Å². The first-order valence-corrected chi connectivity index (χ1v) is 6.05. The third kappa shape index (κ3) is 3.59. The van der Waals surface area contributed by atoms with Gasteiger partial charge in [0.05, 0.1) is 5.41 Å². The number of carbonyl (C=O) groups is 1. The van der Waals surface area contributed by atoms with Gasteiger partial charge in [-0.1, -0.05) is 0 Å². The third-order valence-electron chi connectivity index (χ3n) is 3.45. The summed E-state index contributed by atoms with van der Waals surface area (Å²) in [6, 6.07) is 6.40. The highest BCUT2D eigenvalue weighted by molar-refractivity contribution is 5.95. The Balaban J connectivity index is 0.00000180. The standard InChI is InChI=1S/C13H18N2O3.ClH/c14-9-13(5-7-18-8-6-13)12(17)15-10-1-3-11(16)4-2-10;/h1-4,16H,5-9,14H2,(H,15,17);1H. The molecule has 0 atom stereocenters. The van der Waals surface area contributed by atoms with Crippen molar-refractivity contribution in [3.05, 3.63) is 24.3 Å². The largest absolute Gasteiger partial charge is 0.508 e. The van der Waals surface area contributed by atoms with Crippen LogP contribution in [-0.4, -0.2) is 30.8 Å². The lowest BCUT2D eigenvalue weighted by molar-refractivity contribution is -0.130. The molecule has 1 heterocycles. The van der Waals surface area contributed by atoms with Crippen molar-refractivity contribution < 1.29 is 14.6 Å². The Morgan fingerprint density at radius 2 is 1.89 bits per heavy atom. The number of nitrogens with one attached hydrogen (secondary N) is 1. The minimum atomic E-state index is -0.532. The van der Waals surface area contributed by atoms with Crippen LogP contribution in [0.2, 0.25) is 0 Å². The van der Waals surface area contributed by atoms with Crippen molar-refractivity contribution in [2.75, 3.05) is 25.1 Å². The van der Waals surface area contributed by atoms with Crippen LogP contribution in [0.3, 0.4) is 0 Å². The van der Waals surface area contributed by atoms with E-state index in [-0.39, 0.29) is 24.1 Å². The predicted molar refractivity (Wildman–Crippen MR) is 75.5 cm³/mol. The van der Waals surface area contributed by atoms with E-state index in [4.69, 9.17) is 10.5 Å². The van der Waals surface area contributed by atoms with Gasteiger partial charge in [-0.2, -0.15) is 0 Å². The number of phenolic OH excluding ortho intramolecular Hbond substituents is 1. The first kappa shape index (κ1) is 15.8. The van der Waals surface area contributed by atoms with Crippen LogP contribution in [0.1, 0.15) is 12.8 Å². The molecule has 1 aromatic carbocycles.